The summed E-state index contributed by atoms with van der Waals surface area (Å²) in [6, 6.07) is 7.01. The smallest absolute Gasteiger partial charge is 0.415 e. The molecular formula is C15H20N4O3. The van der Waals surface area contributed by atoms with Crippen molar-refractivity contribution >= 4 is 17.6 Å². The lowest BCUT2D eigenvalue weighted by Crippen LogP contribution is -2.47. The zero-order valence-electron chi connectivity index (χ0n) is 12.3. The lowest BCUT2D eigenvalue weighted by Gasteiger charge is -2.36. The van der Waals surface area contributed by atoms with Crippen LogP contribution < -0.4 is 10.6 Å². The Morgan fingerprint density at radius 2 is 1.95 bits per heavy atom. The van der Waals surface area contributed by atoms with Gasteiger partial charge in [-0.25, -0.2) is 4.79 Å². The van der Waals surface area contributed by atoms with Gasteiger partial charge in [-0.15, -0.1) is 0 Å². The van der Waals surface area contributed by atoms with Gasteiger partial charge in [-0.3, -0.25) is 15.2 Å². The topological polar surface area (TPSA) is 103 Å². The van der Waals surface area contributed by atoms with Crippen molar-refractivity contribution < 1.29 is 14.6 Å². The second-order valence-corrected chi connectivity index (χ2v) is 5.86. The summed E-state index contributed by atoms with van der Waals surface area (Å²) in [4.78, 5) is 15.7. The Hall–Kier alpha value is -2.12. The van der Waals surface area contributed by atoms with Crippen LogP contribution in [0.3, 0.4) is 0 Å². The first-order valence-electron chi connectivity index (χ1n) is 7.31. The molecule has 22 heavy (non-hydrogen) atoms. The number of benzene rings is 1. The number of aliphatic hydroxyl groups is 1. The average molecular weight is 304 g/mol. The quantitative estimate of drug-likeness (QED) is 0.564. The number of carbonyl (C=O) groups excluding carboxylic acids is 1. The maximum absolute atomic E-state index is 12.2. The number of nitrogen functional groups attached to an aromatic ring is 1. The van der Waals surface area contributed by atoms with Crippen molar-refractivity contribution in [1.29, 1.82) is 5.41 Å². The fourth-order valence-corrected chi connectivity index (χ4v) is 3.01. The Kier molecular flexibility index (Phi) is 3.76. The fourth-order valence-electron chi connectivity index (χ4n) is 3.01. The molecular weight excluding hydrogens is 284 g/mol. The van der Waals surface area contributed by atoms with Crippen LogP contribution >= 0.6 is 0 Å². The highest BCUT2D eigenvalue weighted by Crippen LogP contribution is 2.35. The molecule has 2 aliphatic rings. The largest absolute Gasteiger partial charge is 0.441 e. The Morgan fingerprint density at radius 1 is 1.32 bits per heavy atom. The highest BCUT2D eigenvalue weighted by atomic mass is 16.6. The third kappa shape index (κ3) is 2.65. The van der Waals surface area contributed by atoms with Crippen LogP contribution in [-0.4, -0.2) is 53.9 Å². The third-order valence-electron chi connectivity index (χ3n) is 4.43. The number of piperidine rings is 1. The van der Waals surface area contributed by atoms with Crippen molar-refractivity contribution in [1.82, 2.24) is 4.90 Å². The molecule has 0 radical (unpaired) electrons. The van der Waals surface area contributed by atoms with Crippen molar-refractivity contribution in [2.45, 2.75) is 18.4 Å². The van der Waals surface area contributed by atoms with Crippen LogP contribution in [0.4, 0.5) is 10.5 Å². The summed E-state index contributed by atoms with van der Waals surface area (Å²) in [6.07, 6.45) is 1.11. The van der Waals surface area contributed by atoms with Gasteiger partial charge in [-0.2, -0.15) is 0 Å². The molecule has 118 valence electrons. The van der Waals surface area contributed by atoms with Gasteiger partial charge in [0.2, 0.25) is 0 Å². The second-order valence-electron chi connectivity index (χ2n) is 5.86. The van der Waals surface area contributed by atoms with E-state index in [1.807, 2.05) is 4.90 Å². The molecule has 1 aromatic carbocycles. The zero-order chi connectivity index (χ0) is 15.7. The van der Waals surface area contributed by atoms with E-state index in [9.17, 15) is 4.79 Å². The first-order valence-corrected chi connectivity index (χ1v) is 7.31. The summed E-state index contributed by atoms with van der Waals surface area (Å²) in [7, 11) is 0. The van der Waals surface area contributed by atoms with E-state index < -0.39 is 5.60 Å². The van der Waals surface area contributed by atoms with Crippen LogP contribution in [0, 0.1) is 5.41 Å². The fraction of sp³-hybridized carbons (Fsp3) is 0.467. The van der Waals surface area contributed by atoms with Crippen LogP contribution in [0.5, 0.6) is 0 Å². The molecule has 2 aliphatic heterocycles. The van der Waals surface area contributed by atoms with Crippen molar-refractivity contribution in [3.05, 3.63) is 29.8 Å². The molecule has 2 fully saturated rings. The minimum atomic E-state index is -0.456. The number of likely N-dealkylation sites (tertiary alicyclic amines) is 1. The Labute approximate surface area is 128 Å². The molecule has 0 atom stereocenters. The van der Waals surface area contributed by atoms with Crippen LogP contribution in [0.2, 0.25) is 0 Å². The number of amides is 1. The average Bonchev–Trinajstić information content (AvgIpc) is 2.84. The number of ether oxygens (including phenoxy) is 1. The van der Waals surface area contributed by atoms with Gasteiger partial charge >= 0.3 is 6.09 Å². The molecule has 0 bridgehead atoms. The van der Waals surface area contributed by atoms with Crippen molar-refractivity contribution in [3.8, 4) is 0 Å². The maximum atomic E-state index is 12.2. The minimum Gasteiger partial charge on any atom is -0.441 e. The van der Waals surface area contributed by atoms with E-state index in [2.05, 4.69) is 0 Å². The molecule has 0 unspecified atom stereocenters. The van der Waals surface area contributed by atoms with E-state index in [0.717, 1.165) is 31.6 Å². The molecule has 7 nitrogen and oxygen atoms in total. The molecule has 1 amide bonds. The van der Waals surface area contributed by atoms with Crippen molar-refractivity contribution in [2.75, 3.05) is 31.3 Å². The van der Waals surface area contributed by atoms with Crippen molar-refractivity contribution in [3.63, 3.8) is 0 Å². The molecule has 1 spiro atoms. The van der Waals surface area contributed by atoms with E-state index in [4.69, 9.17) is 21.0 Å². The van der Waals surface area contributed by atoms with Gasteiger partial charge in [-0.1, -0.05) is 0 Å². The second kappa shape index (κ2) is 5.58. The Morgan fingerprint density at radius 3 is 2.50 bits per heavy atom. The molecule has 0 aromatic heterocycles. The highest BCUT2D eigenvalue weighted by Gasteiger charge is 2.47. The van der Waals surface area contributed by atoms with E-state index >= 15 is 0 Å². The number of rotatable bonds is 3. The predicted molar refractivity (Wildman–Crippen MR) is 81.9 cm³/mol. The summed E-state index contributed by atoms with van der Waals surface area (Å²) in [5.74, 6) is 0.00314. The summed E-state index contributed by atoms with van der Waals surface area (Å²) in [6.45, 7) is 2.01. The Bertz CT molecular complexity index is 579. The first kappa shape index (κ1) is 14.8. The molecule has 7 heteroatoms. The van der Waals surface area contributed by atoms with Crippen LogP contribution in [0.15, 0.2) is 24.3 Å². The number of carbonyl (C=O) groups is 1. The molecule has 4 N–H and O–H groups in total. The third-order valence-corrected chi connectivity index (χ3v) is 4.43. The number of anilines is 1. The number of hydrogen-bond acceptors (Lipinski definition) is 5. The van der Waals surface area contributed by atoms with E-state index in [1.165, 1.54) is 0 Å². The normalized spacial score (nSPS) is 21.1. The number of nitrogens with zero attached hydrogens (tertiary/aromatic N) is 2. The first-order chi connectivity index (χ1) is 10.5. The summed E-state index contributed by atoms with van der Waals surface area (Å²) < 4.78 is 5.64. The summed E-state index contributed by atoms with van der Waals surface area (Å²) in [5.41, 5.74) is 6.35. The molecule has 2 heterocycles. The number of hydrogen-bond donors (Lipinski definition) is 3. The number of nitrogens with two attached hydrogens (primary N) is 1. The SMILES string of the molecule is N=C(N)c1ccc(N2CC3(CCN(CO)CC3)OC2=O)cc1. The van der Waals surface area contributed by atoms with Gasteiger partial charge in [0.1, 0.15) is 11.4 Å². The lowest BCUT2D eigenvalue weighted by molar-refractivity contribution is -0.0202. The monoisotopic (exact) mass is 304 g/mol. The van der Waals surface area contributed by atoms with E-state index in [1.54, 1.807) is 29.2 Å². The molecule has 3 rings (SSSR count). The van der Waals surface area contributed by atoms with Gasteiger partial charge < -0.3 is 15.6 Å². The van der Waals surface area contributed by atoms with E-state index in [0.29, 0.717) is 12.1 Å². The highest BCUT2D eigenvalue weighted by molar-refractivity contribution is 5.96. The van der Waals surface area contributed by atoms with Crippen LogP contribution in [-0.2, 0) is 4.74 Å². The molecule has 1 aromatic rings. The standard InChI is InChI=1S/C15H20N4O3/c16-13(17)11-1-3-12(4-2-11)19-9-15(22-14(19)21)5-7-18(10-20)8-6-15/h1-4,20H,5-10H2,(H3,16,17). The molecule has 0 saturated carbocycles. The Balaban J connectivity index is 1.73. The zero-order valence-corrected chi connectivity index (χ0v) is 12.3. The molecule has 0 aliphatic carbocycles. The van der Waals surface area contributed by atoms with Crippen molar-refractivity contribution in [2.24, 2.45) is 5.73 Å². The van der Waals surface area contributed by atoms with Crippen LogP contribution in [0.1, 0.15) is 18.4 Å². The van der Waals surface area contributed by atoms with Gasteiger partial charge in [0.05, 0.1) is 13.3 Å². The van der Waals surface area contributed by atoms with Crippen LogP contribution in [0.25, 0.3) is 0 Å². The number of aliphatic hydroxyl groups excluding tert-OH is 1. The number of nitrogens with one attached hydrogen (secondary N) is 1. The lowest BCUT2D eigenvalue weighted by atomic mass is 9.91. The summed E-state index contributed by atoms with van der Waals surface area (Å²) in [5, 5.41) is 16.6. The number of amidine groups is 1. The van der Waals surface area contributed by atoms with Gasteiger partial charge in [0.15, 0.2) is 0 Å². The maximum Gasteiger partial charge on any atom is 0.415 e. The van der Waals surface area contributed by atoms with E-state index in [-0.39, 0.29) is 18.7 Å². The molecule has 2 saturated heterocycles. The van der Waals surface area contributed by atoms with Gasteiger partial charge in [0.25, 0.3) is 0 Å². The summed E-state index contributed by atoms with van der Waals surface area (Å²) >= 11 is 0. The van der Waals surface area contributed by atoms with Gasteiger partial charge in [-0.05, 0) is 24.3 Å². The predicted octanol–water partition coefficient (Wildman–Crippen LogP) is 0.712. The van der Waals surface area contributed by atoms with Gasteiger partial charge in [0, 0.05) is 37.2 Å². The minimum absolute atomic E-state index is 0.00314.